The molecule has 0 aromatic heterocycles. The second kappa shape index (κ2) is 6.59. The van der Waals surface area contributed by atoms with E-state index < -0.39 is 11.9 Å². The third-order valence-electron chi connectivity index (χ3n) is 2.51. The number of nitrogens with one attached hydrogen (secondary N) is 1. The van der Waals surface area contributed by atoms with Gasteiger partial charge in [-0.05, 0) is 18.6 Å². The van der Waals surface area contributed by atoms with Crippen LogP contribution in [0.5, 0.6) is 0 Å². The Hall–Kier alpha value is -2.10. The molecule has 0 heterocycles. The van der Waals surface area contributed by atoms with Gasteiger partial charge in [-0.2, -0.15) is 0 Å². The number of carboxylic acids is 1. The molecule has 1 amide bonds. The maximum absolute atomic E-state index is 11.4. The summed E-state index contributed by atoms with van der Waals surface area (Å²) in [6, 6.07) is 7.76. The highest BCUT2D eigenvalue weighted by Crippen LogP contribution is 2.04. The van der Waals surface area contributed by atoms with Crippen LogP contribution in [-0.4, -0.2) is 23.5 Å². The fraction of sp³-hybridized carbons (Fsp3) is 0.286. The van der Waals surface area contributed by atoms with E-state index in [0.29, 0.717) is 0 Å². The van der Waals surface area contributed by atoms with E-state index in [9.17, 15) is 9.59 Å². The molecule has 4 nitrogen and oxygen atoms in total. The Kier molecular flexibility index (Phi) is 5.11. The van der Waals surface area contributed by atoms with Crippen LogP contribution >= 0.6 is 0 Å². The van der Waals surface area contributed by atoms with Crippen LogP contribution in [0.3, 0.4) is 0 Å². The summed E-state index contributed by atoms with van der Waals surface area (Å²) in [4.78, 5) is 22.0. The van der Waals surface area contributed by atoms with Gasteiger partial charge >= 0.3 is 5.97 Å². The summed E-state index contributed by atoms with van der Waals surface area (Å²) in [5, 5.41) is 11.2. The van der Waals surface area contributed by atoms with E-state index in [-0.39, 0.29) is 12.5 Å². The summed E-state index contributed by atoms with van der Waals surface area (Å²) < 4.78 is 0. The molecule has 0 aliphatic heterocycles. The van der Waals surface area contributed by atoms with Crippen LogP contribution in [0.1, 0.15) is 18.1 Å². The molecule has 4 heteroatoms. The Labute approximate surface area is 106 Å². The van der Waals surface area contributed by atoms with Crippen molar-refractivity contribution in [3.05, 3.63) is 41.5 Å². The first-order valence-corrected chi connectivity index (χ1v) is 5.74. The molecule has 1 atom stereocenters. The molecule has 1 aromatic rings. The number of hydrogen-bond acceptors (Lipinski definition) is 2. The van der Waals surface area contributed by atoms with Crippen LogP contribution < -0.4 is 5.32 Å². The lowest BCUT2D eigenvalue weighted by molar-refractivity contribution is -0.141. The van der Waals surface area contributed by atoms with Gasteiger partial charge in [-0.1, -0.05) is 36.8 Å². The average molecular weight is 247 g/mol. The summed E-state index contributed by atoms with van der Waals surface area (Å²) in [7, 11) is 0. The van der Waals surface area contributed by atoms with Gasteiger partial charge in [-0.3, -0.25) is 9.59 Å². The second-order valence-electron chi connectivity index (χ2n) is 4.23. The van der Waals surface area contributed by atoms with Gasteiger partial charge in [0.25, 0.3) is 0 Å². The molecule has 0 fully saturated rings. The molecule has 96 valence electrons. The summed E-state index contributed by atoms with van der Waals surface area (Å²) in [5.41, 5.74) is 2.09. The first-order chi connectivity index (χ1) is 8.49. The van der Waals surface area contributed by atoms with Crippen LogP contribution in [0.4, 0.5) is 0 Å². The first kappa shape index (κ1) is 14.0. The Morgan fingerprint density at radius 1 is 1.33 bits per heavy atom. The molecule has 0 bridgehead atoms. The van der Waals surface area contributed by atoms with Crippen LogP contribution in [0.2, 0.25) is 0 Å². The topological polar surface area (TPSA) is 66.4 Å². The van der Waals surface area contributed by atoms with Crippen molar-refractivity contribution in [2.45, 2.75) is 13.8 Å². The molecule has 1 unspecified atom stereocenters. The Balaban J connectivity index is 2.45. The fourth-order valence-corrected chi connectivity index (χ4v) is 1.25. The van der Waals surface area contributed by atoms with Gasteiger partial charge in [0.05, 0.1) is 5.92 Å². The van der Waals surface area contributed by atoms with Crippen LogP contribution in [-0.2, 0) is 9.59 Å². The van der Waals surface area contributed by atoms with E-state index in [2.05, 4.69) is 5.32 Å². The molecule has 0 aliphatic carbocycles. The smallest absolute Gasteiger partial charge is 0.308 e. The monoisotopic (exact) mass is 247 g/mol. The summed E-state index contributed by atoms with van der Waals surface area (Å²) in [5.74, 6) is -1.79. The molecule has 18 heavy (non-hydrogen) atoms. The molecule has 0 radical (unpaired) electrons. The highest BCUT2D eigenvalue weighted by Gasteiger charge is 2.10. The van der Waals surface area contributed by atoms with Gasteiger partial charge in [0.2, 0.25) is 5.91 Å². The van der Waals surface area contributed by atoms with E-state index in [1.165, 1.54) is 6.08 Å². The molecular weight excluding hydrogens is 230 g/mol. The average Bonchev–Trinajstić information content (AvgIpc) is 2.35. The van der Waals surface area contributed by atoms with Crippen molar-refractivity contribution in [2.75, 3.05) is 6.54 Å². The van der Waals surface area contributed by atoms with Gasteiger partial charge in [-0.15, -0.1) is 0 Å². The number of rotatable bonds is 5. The van der Waals surface area contributed by atoms with Crippen LogP contribution in [0.25, 0.3) is 6.08 Å². The molecule has 1 rings (SSSR count). The molecule has 0 spiro atoms. The third kappa shape index (κ3) is 4.82. The van der Waals surface area contributed by atoms with Crippen molar-refractivity contribution in [3.8, 4) is 0 Å². The van der Waals surface area contributed by atoms with Crippen LogP contribution in [0, 0.1) is 12.8 Å². The number of aliphatic carboxylic acids is 1. The number of carbonyl (C=O) groups is 2. The van der Waals surface area contributed by atoms with Crippen molar-refractivity contribution >= 4 is 18.0 Å². The van der Waals surface area contributed by atoms with Gasteiger partial charge in [-0.25, -0.2) is 0 Å². The van der Waals surface area contributed by atoms with Gasteiger partial charge in [0.1, 0.15) is 0 Å². The van der Waals surface area contributed by atoms with E-state index in [1.54, 1.807) is 13.0 Å². The first-order valence-electron chi connectivity index (χ1n) is 5.74. The Morgan fingerprint density at radius 3 is 2.50 bits per heavy atom. The van der Waals surface area contributed by atoms with Crippen molar-refractivity contribution in [1.29, 1.82) is 0 Å². The van der Waals surface area contributed by atoms with Crippen LogP contribution in [0.15, 0.2) is 30.3 Å². The van der Waals surface area contributed by atoms with Gasteiger partial charge in [0.15, 0.2) is 0 Å². The minimum atomic E-state index is -0.919. The summed E-state index contributed by atoms with van der Waals surface area (Å²) >= 11 is 0. The zero-order valence-electron chi connectivity index (χ0n) is 10.5. The summed E-state index contributed by atoms with van der Waals surface area (Å²) in [6.45, 7) is 3.67. The van der Waals surface area contributed by atoms with Gasteiger partial charge in [0, 0.05) is 12.6 Å². The van der Waals surface area contributed by atoms with E-state index in [0.717, 1.165) is 11.1 Å². The molecule has 0 saturated carbocycles. The number of carboxylic acid groups (broad SMARTS) is 1. The predicted octanol–water partition coefficient (Wildman–Crippen LogP) is 1.85. The quantitative estimate of drug-likeness (QED) is 0.780. The lowest BCUT2D eigenvalue weighted by Crippen LogP contribution is -2.30. The highest BCUT2D eigenvalue weighted by atomic mass is 16.4. The van der Waals surface area contributed by atoms with Crippen molar-refractivity contribution in [2.24, 2.45) is 5.92 Å². The number of benzene rings is 1. The zero-order valence-corrected chi connectivity index (χ0v) is 10.5. The second-order valence-corrected chi connectivity index (χ2v) is 4.23. The molecule has 0 aliphatic rings. The molecule has 0 saturated heterocycles. The van der Waals surface area contributed by atoms with E-state index in [4.69, 9.17) is 5.11 Å². The molecular formula is C14H17NO3. The minimum Gasteiger partial charge on any atom is -0.481 e. The Morgan fingerprint density at radius 2 is 1.94 bits per heavy atom. The van der Waals surface area contributed by atoms with E-state index >= 15 is 0 Å². The summed E-state index contributed by atoms with van der Waals surface area (Å²) in [6.07, 6.45) is 3.10. The largest absolute Gasteiger partial charge is 0.481 e. The SMILES string of the molecule is Cc1ccc(C=CC(=O)NCC(C)C(=O)O)cc1. The fourth-order valence-electron chi connectivity index (χ4n) is 1.25. The van der Waals surface area contributed by atoms with Gasteiger partial charge < -0.3 is 10.4 Å². The van der Waals surface area contributed by atoms with E-state index in [1.807, 2.05) is 31.2 Å². The lowest BCUT2D eigenvalue weighted by Gasteiger charge is -2.05. The molecule has 2 N–H and O–H groups in total. The Bertz CT molecular complexity index is 449. The van der Waals surface area contributed by atoms with Crippen molar-refractivity contribution < 1.29 is 14.7 Å². The predicted molar refractivity (Wildman–Crippen MR) is 70.0 cm³/mol. The standard InChI is InChI=1S/C14H17NO3/c1-10-3-5-12(6-4-10)7-8-13(16)15-9-11(2)14(17)18/h3-8,11H,9H2,1-2H3,(H,15,16)(H,17,18). The van der Waals surface area contributed by atoms with Crippen molar-refractivity contribution in [1.82, 2.24) is 5.32 Å². The lowest BCUT2D eigenvalue weighted by atomic mass is 10.1. The highest BCUT2D eigenvalue weighted by molar-refractivity contribution is 5.91. The third-order valence-corrected chi connectivity index (χ3v) is 2.51. The van der Waals surface area contributed by atoms with Crippen molar-refractivity contribution in [3.63, 3.8) is 0 Å². The normalized spacial score (nSPS) is 12.3. The maximum Gasteiger partial charge on any atom is 0.308 e. The zero-order chi connectivity index (χ0) is 13.5. The maximum atomic E-state index is 11.4. The molecule has 1 aromatic carbocycles. The number of aryl methyl sites for hydroxylation is 1. The number of amides is 1. The number of hydrogen-bond donors (Lipinski definition) is 2. The number of carbonyl (C=O) groups excluding carboxylic acids is 1. The minimum absolute atomic E-state index is 0.131.